The number of hydrogen-bond donors (Lipinski definition) is 2. The molecule has 0 radical (unpaired) electrons. The summed E-state index contributed by atoms with van der Waals surface area (Å²) >= 11 is 0. The molecule has 2 N–H and O–H groups in total. The molecule has 1 saturated heterocycles. The number of ether oxygens (including phenoxy) is 1. The van der Waals surface area contributed by atoms with Crippen molar-refractivity contribution in [3.8, 4) is 0 Å². The quantitative estimate of drug-likeness (QED) is 0.619. The molecule has 0 saturated carbocycles. The maximum atomic E-state index is 5.14. The van der Waals surface area contributed by atoms with E-state index in [4.69, 9.17) is 4.74 Å². The molecule has 5 nitrogen and oxygen atoms in total. The van der Waals surface area contributed by atoms with Crippen molar-refractivity contribution in [1.82, 2.24) is 15.5 Å². The van der Waals surface area contributed by atoms with E-state index in [2.05, 4.69) is 65.6 Å². The Morgan fingerprint density at radius 1 is 1.25 bits per heavy atom. The van der Waals surface area contributed by atoms with E-state index >= 15 is 0 Å². The monoisotopic (exact) mass is 332 g/mol. The van der Waals surface area contributed by atoms with E-state index in [1.54, 1.807) is 7.11 Å². The Morgan fingerprint density at radius 3 is 2.46 bits per heavy atom. The third-order valence-electron chi connectivity index (χ3n) is 4.71. The minimum atomic E-state index is 0.447. The van der Waals surface area contributed by atoms with Gasteiger partial charge in [0.2, 0.25) is 0 Å². The highest BCUT2D eigenvalue weighted by Crippen LogP contribution is 2.18. The van der Waals surface area contributed by atoms with Gasteiger partial charge < -0.3 is 15.4 Å². The van der Waals surface area contributed by atoms with Gasteiger partial charge in [-0.1, -0.05) is 31.2 Å². The molecule has 0 bridgehead atoms. The van der Waals surface area contributed by atoms with Crippen LogP contribution in [-0.4, -0.2) is 50.2 Å². The van der Waals surface area contributed by atoms with E-state index in [-0.39, 0.29) is 0 Å². The van der Waals surface area contributed by atoms with Crippen molar-refractivity contribution in [2.45, 2.75) is 46.0 Å². The average Bonchev–Trinajstić information content (AvgIpc) is 2.94. The highest BCUT2D eigenvalue weighted by atomic mass is 16.5. The molecule has 1 aromatic carbocycles. The van der Waals surface area contributed by atoms with Crippen LogP contribution in [0.1, 0.15) is 31.9 Å². The van der Waals surface area contributed by atoms with E-state index in [1.807, 2.05) is 7.05 Å². The van der Waals surface area contributed by atoms with Crippen LogP contribution in [0.3, 0.4) is 0 Å². The fraction of sp³-hybridized carbons (Fsp3) is 0.632. The summed E-state index contributed by atoms with van der Waals surface area (Å²) in [5.74, 6) is 1.50. The molecule has 1 fully saturated rings. The van der Waals surface area contributed by atoms with Crippen molar-refractivity contribution < 1.29 is 4.74 Å². The molecule has 1 heterocycles. The van der Waals surface area contributed by atoms with E-state index < -0.39 is 0 Å². The standard InChI is InChI=1S/C19H32N4O/c1-14(2)23-11-15(3)18(12-23)22-19(20-4)21-10-16-6-8-17(9-7-16)13-24-5/h6-9,14-15,18H,10-13H2,1-5H3,(H2,20,21,22). The van der Waals surface area contributed by atoms with Gasteiger partial charge in [0.1, 0.15) is 0 Å². The zero-order chi connectivity index (χ0) is 17.5. The van der Waals surface area contributed by atoms with Crippen molar-refractivity contribution in [2.75, 3.05) is 27.2 Å². The number of nitrogens with one attached hydrogen (secondary N) is 2. The maximum Gasteiger partial charge on any atom is 0.191 e. The smallest absolute Gasteiger partial charge is 0.191 e. The lowest BCUT2D eigenvalue weighted by atomic mass is 10.1. The molecule has 0 amide bonds. The lowest BCUT2D eigenvalue weighted by molar-refractivity contribution is 0.185. The summed E-state index contributed by atoms with van der Waals surface area (Å²) in [6.45, 7) is 10.5. The van der Waals surface area contributed by atoms with Gasteiger partial charge in [0.25, 0.3) is 0 Å². The molecule has 2 rings (SSSR count). The normalized spacial score (nSPS) is 22.2. The van der Waals surface area contributed by atoms with E-state index in [0.717, 1.165) is 25.6 Å². The summed E-state index contributed by atoms with van der Waals surface area (Å²) < 4.78 is 5.14. The first-order valence-electron chi connectivity index (χ1n) is 8.81. The minimum absolute atomic E-state index is 0.447. The number of rotatable bonds is 6. The summed E-state index contributed by atoms with van der Waals surface area (Å²) in [6, 6.07) is 9.52. The summed E-state index contributed by atoms with van der Waals surface area (Å²) in [5, 5.41) is 7.00. The summed E-state index contributed by atoms with van der Waals surface area (Å²) in [5.41, 5.74) is 2.43. The largest absolute Gasteiger partial charge is 0.380 e. The van der Waals surface area contributed by atoms with Crippen molar-refractivity contribution in [3.05, 3.63) is 35.4 Å². The Labute approximate surface area is 146 Å². The van der Waals surface area contributed by atoms with Gasteiger partial charge >= 0.3 is 0 Å². The Balaban J connectivity index is 1.84. The van der Waals surface area contributed by atoms with Gasteiger partial charge in [-0.05, 0) is 30.9 Å². The van der Waals surface area contributed by atoms with Gasteiger partial charge in [0.15, 0.2) is 5.96 Å². The van der Waals surface area contributed by atoms with Crippen LogP contribution in [0.4, 0.5) is 0 Å². The number of methoxy groups -OCH3 is 1. The van der Waals surface area contributed by atoms with Gasteiger partial charge in [0.05, 0.1) is 6.61 Å². The van der Waals surface area contributed by atoms with E-state index in [1.165, 1.54) is 11.1 Å². The first-order chi connectivity index (χ1) is 11.5. The van der Waals surface area contributed by atoms with Crippen LogP contribution in [-0.2, 0) is 17.9 Å². The van der Waals surface area contributed by atoms with Crippen molar-refractivity contribution in [3.63, 3.8) is 0 Å². The molecule has 0 aromatic heterocycles. The molecule has 1 aromatic rings. The fourth-order valence-electron chi connectivity index (χ4n) is 3.09. The third-order valence-corrected chi connectivity index (χ3v) is 4.71. The third kappa shape index (κ3) is 5.21. The second kappa shape index (κ2) is 9.04. The molecule has 5 heteroatoms. The van der Waals surface area contributed by atoms with Crippen LogP contribution in [0.2, 0.25) is 0 Å². The van der Waals surface area contributed by atoms with Crippen LogP contribution in [0.25, 0.3) is 0 Å². The lowest BCUT2D eigenvalue weighted by Gasteiger charge is -2.22. The molecule has 134 valence electrons. The number of benzene rings is 1. The minimum Gasteiger partial charge on any atom is -0.380 e. The Morgan fingerprint density at radius 2 is 1.92 bits per heavy atom. The molecule has 2 unspecified atom stereocenters. The molecule has 0 aliphatic carbocycles. The van der Waals surface area contributed by atoms with Crippen LogP contribution < -0.4 is 10.6 Å². The highest BCUT2D eigenvalue weighted by Gasteiger charge is 2.31. The fourth-order valence-corrected chi connectivity index (χ4v) is 3.09. The highest BCUT2D eigenvalue weighted by molar-refractivity contribution is 5.80. The summed E-state index contributed by atoms with van der Waals surface area (Å²) in [6.07, 6.45) is 0. The van der Waals surface area contributed by atoms with Crippen LogP contribution in [0, 0.1) is 5.92 Å². The zero-order valence-electron chi connectivity index (χ0n) is 15.7. The molecule has 1 aliphatic heterocycles. The average molecular weight is 332 g/mol. The van der Waals surface area contributed by atoms with E-state index in [9.17, 15) is 0 Å². The maximum absolute atomic E-state index is 5.14. The van der Waals surface area contributed by atoms with Crippen LogP contribution >= 0.6 is 0 Å². The Bertz CT molecular complexity index is 527. The first-order valence-corrected chi connectivity index (χ1v) is 8.81. The molecular weight excluding hydrogens is 300 g/mol. The second-order valence-corrected chi connectivity index (χ2v) is 6.95. The number of guanidine groups is 1. The van der Waals surface area contributed by atoms with Crippen LogP contribution in [0.5, 0.6) is 0 Å². The van der Waals surface area contributed by atoms with Gasteiger partial charge in [0, 0.05) is 45.9 Å². The number of aliphatic imine (C=N–C) groups is 1. The molecule has 24 heavy (non-hydrogen) atoms. The predicted octanol–water partition coefficient (Wildman–Crippen LogP) is 2.23. The van der Waals surface area contributed by atoms with Gasteiger partial charge in [-0.2, -0.15) is 0 Å². The number of likely N-dealkylation sites (tertiary alicyclic amines) is 1. The number of hydrogen-bond acceptors (Lipinski definition) is 3. The SMILES string of the molecule is CN=C(NCc1ccc(COC)cc1)NC1CN(C(C)C)CC1C. The molecule has 1 aliphatic rings. The second-order valence-electron chi connectivity index (χ2n) is 6.95. The van der Waals surface area contributed by atoms with Crippen molar-refractivity contribution in [1.29, 1.82) is 0 Å². The van der Waals surface area contributed by atoms with Crippen molar-refractivity contribution >= 4 is 5.96 Å². The van der Waals surface area contributed by atoms with Gasteiger partial charge in [-0.15, -0.1) is 0 Å². The topological polar surface area (TPSA) is 48.9 Å². The first kappa shape index (κ1) is 18.7. The lowest BCUT2D eigenvalue weighted by Crippen LogP contribution is -2.46. The van der Waals surface area contributed by atoms with Crippen molar-refractivity contribution in [2.24, 2.45) is 10.9 Å². The summed E-state index contributed by atoms with van der Waals surface area (Å²) in [4.78, 5) is 6.89. The molecule has 0 spiro atoms. The predicted molar refractivity (Wildman–Crippen MR) is 100 cm³/mol. The zero-order valence-corrected chi connectivity index (χ0v) is 15.7. The van der Waals surface area contributed by atoms with Gasteiger partial charge in [-0.3, -0.25) is 9.89 Å². The molecular formula is C19H32N4O. The van der Waals surface area contributed by atoms with Crippen LogP contribution in [0.15, 0.2) is 29.3 Å². The molecule has 2 atom stereocenters. The Hall–Kier alpha value is -1.59. The van der Waals surface area contributed by atoms with E-state index in [0.29, 0.717) is 24.6 Å². The number of nitrogens with zero attached hydrogens (tertiary/aromatic N) is 2. The Kier molecular flexibility index (Phi) is 7.06. The summed E-state index contributed by atoms with van der Waals surface area (Å²) in [7, 11) is 3.55. The van der Waals surface area contributed by atoms with Gasteiger partial charge in [-0.25, -0.2) is 0 Å².